The summed E-state index contributed by atoms with van der Waals surface area (Å²) >= 11 is 0. The summed E-state index contributed by atoms with van der Waals surface area (Å²) in [5, 5.41) is 2.75. The smallest absolute Gasteiger partial charge is 0.262 e. The summed E-state index contributed by atoms with van der Waals surface area (Å²) in [6.45, 7) is 3.43. The highest BCUT2D eigenvalue weighted by atomic mass is 16.5. The third-order valence-corrected chi connectivity index (χ3v) is 3.40. The molecule has 0 aliphatic carbocycles. The number of hydrogen-bond donors (Lipinski definition) is 1. The van der Waals surface area contributed by atoms with E-state index >= 15 is 0 Å². The van der Waals surface area contributed by atoms with E-state index in [4.69, 9.17) is 4.74 Å². The van der Waals surface area contributed by atoms with Gasteiger partial charge in [0.05, 0.1) is 0 Å². The van der Waals surface area contributed by atoms with Gasteiger partial charge >= 0.3 is 0 Å². The molecule has 0 atom stereocenters. The fraction of sp³-hybridized carbons (Fsp3) is 0.222. The predicted molar refractivity (Wildman–Crippen MR) is 90.8 cm³/mol. The van der Waals surface area contributed by atoms with Crippen LogP contribution >= 0.6 is 0 Å². The summed E-state index contributed by atoms with van der Waals surface area (Å²) in [5.41, 5.74) is 2.56. The van der Waals surface area contributed by atoms with E-state index < -0.39 is 0 Å². The van der Waals surface area contributed by atoms with Gasteiger partial charge in [-0.05, 0) is 43.3 Å². The monoisotopic (exact) mass is 312 g/mol. The highest BCUT2D eigenvalue weighted by Crippen LogP contribution is 2.17. The number of carbonyl (C=O) groups is 2. The Labute approximate surface area is 135 Å². The van der Waals surface area contributed by atoms with E-state index in [0.717, 1.165) is 11.3 Å². The molecule has 2 amide bonds. The molecule has 0 unspecified atom stereocenters. The number of benzene rings is 2. The van der Waals surface area contributed by atoms with Gasteiger partial charge in [0.2, 0.25) is 5.91 Å². The van der Waals surface area contributed by atoms with Crippen molar-refractivity contribution in [3.05, 3.63) is 54.1 Å². The molecule has 0 saturated carbocycles. The molecule has 0 saturated heterocycles. The molecule has 1 N–H and O–H groups in total. The summed E-state index contributed by atoms with van der Waals surface area (Å²) in [7, 11) is 1.70. The molecular formula is C18H20N2O3. The van der Waals surface area contributed by atoms with Gasteiger partial charge in [-0.2, -0.15) is 0 Å². The minimum absolute atomic E-state index is 0.0479. The molecule has 0 fully saturated rings. The van der Waals surface area contributed by atoms with Crippen LogP contribution in [0.4, 0.5) is 11.4 Å². The molecule has 5 heteroatoms. The number of hydrogen-bond acceptors (Lipinski definition) is 3. The van der Waals surface area contributed by atoms with Crippen LogP contribution in [-0.4, -0.2) is 25.5 Å². The van der Waals surface area contributed by atoms with Crippen LogP contribution in [-0.2, 0) is 9.59 Å². The number of anilines is 2. The third-order valence-electron chi connectivity index (χ3n) is 3.40. The van der Waals surface area contributed by atoms with Crippen molar-refractivity contribution in [2.45, 2.75) is 13.8 Å². The Morgan fingerprint density at radius 1 is 1.04 bits per heavy atom. The first kappa shape index (κ1) is 16.5. The molecule has 0 spiro atoms. The first-order valence-corrected chi connectivity index (χ1v) is 7.29. The second-order valence-corrected chi connectivity index (χ2v) is 5.27. The van der Waals surface area contributed by atoms with Crippen LogP contribution in [0.2, 0.25) is 0 Å². The van der Waals surface area contributed by atoms with Gasteiger partial charge in [0.15, 0.2) is 6.61 Å². The Morgan fingerprint density at radius 3 is 2.22 bits per heavy atom. The van der Waals surface area contributed by atoms with Gasteiger partial charge in [0.1, 0.15) is 5.75 Å². The average molecular weight is 312 g/mol. The summed E-state index contributed by atoms with van der Waals surface area (Å²) in [5.74, 6) is 0.371. The number of aryl methyl sites for hydroxylation is 1. The Kier molecular flexibility index (Phi) is 5.36. The number of ether oxygens (including phenoxy) is 1. The number of amides is 2. The fourth-order valence-electron chi connectivity index (χ4n) is 1.93. The van der Waals surface area contributed by atoms with Gasteiger partial charge in [-0.25, -0.2) is 0 Å². The molecule has 0 aromatic heterocycles. The molecule has 5 nitrogen and oxygen atoms in total. The lowest BCUT2D eigenvalue weighted by molar-refractivity contribution is -0.118. The minimum Gasteiger partial charge on any atom is -0.484 e. The summed E-state index contributed by atoms with van der Waals surface area (Å²) in [4.78, 5) is 24.7. The highest BCUT2D eigenvalue weighted by Gasteiger charge is 2.07. The number of carbonyl (C=O) groups excluding carboxylic acids is 2. The van der Waals surface area contributed by atoms with Gasteiger partial charge in [0.25, 0.3) is 5.91 Å². The molecule has 120 valence electrons. The quantitative estimate of drug-likeness (QED) is 0.923. The van der Waals surface area contributed by atoms with E-state index in [1.807, 2.05) is 31.2 Å². The molecule has 2 rings (SSSR count). The molecule has 0 aliphatic heterocycles. The fourth-order valence-corrected chi connectivity index (χ4v) is 1.93. The lowest BCUT2D eigenvalue weighted by atomic mass is 10.2. The topological polar surface area (TPSA) is 58.6 Å². The molecule has 23 heavy (non-hydrogen) atoms. The Bertz CT molecular complexity index is 678. The molecule has 0 bridgehead atoms. The van der Waals surface area contributed by atoms with Crippen LogP contribution in [0.5, 0.6) is 5.75 Å². The van der Waals surface area contributed by atoms with Gasteiger partial charge in [-0.15, -0.1) is 0 Å². The lowest BCUT2D eigenvalue weighted by Crippen LogP contribution is -2.23. The van der Waals surface area contributed by atoms with Crippen molar-refractivity contribution in [3.63, 3.8) is 0 Å². The van der Waals surface area contributed by atoms with Gasteiger partial charge < -0.3 is 15.0 Å². The standard InChI is InChI=1S/C18H20N2O3/c1-13-4-10-17(11-5-13)23-12-18(22)19-15-6-8-16(9-7-15)20(3)14(2)21/h4-11H,12H2,1-3H3,(H,19,22). The normalized spacial score (nSPS) is 10.0. The zero-order chi connectivity index (χ0) is 16.8. The zero-order valence-electron chi connectivity index (χ0n) is 13.5. The first-order valence-electron chi connectivity index (χ1n) is 7.29. The Balaban J connectivity index is 1.87. The van der Waals surface area contributed by atoms with Crippen LogP contribution < -0.4 is 15.0 Å². The zero-order valence-corrected chi connectivity index (χ0v) is 13.5. The number of rotatable bonds is 5. The predicted octanol–water partition coefficient (Wildman–Crippen LogP) is 3.00. The van der Waals surface area contributed by atoms with E-state index in [1.165, 1.54) is 11.8 Å². The Morgan fingerprint density at radius 2 is 1.65 bits per heavy atom. The molecule has 0 heterocycles. The van der Waals surface area contributed by atoms with Crippen molar-refractivity contribution >= 4 is 23.2 Å². The van der Waals surface area contributed by atoms with Gasteiger partial charge in [-0.1, -0.05) is 17.7 Å². The maximum Gasteiger partial charge on any atom is 0.262 e. The molecule has 2 aromatic rings. The van der Waals surface area contributed by atoms with Crippen LogP contribution in [0, 0.1) is 6.92 Å². The van der Waals surface area contributed by atoms with Crippen LogP contribution in [0.15, 0.2) is 48.5 Å². The number of nitrogens with one attached hydrogen (secondary N) is 1. The first-order chi connectivity index (χ1) is 11.0. The van der Waals surface area contributed by atoms with E-state index in [1.54, 1.807) is 31.3 Å². The highest BCUT2D eigenvalue weighted by molar-refractivity contribution is 5.93. The SMILES string of the molecule is CC(=O)N(C)c1ccc(NC(=O)COc2ccc(C)cc2)cc1. The summed E-state index contributed by atoms with van der Waals surface area (Å²) in [6, 6.07) is 14.6. The average Bonchev–Trinajstić information content (AvgIpc) is 2.54. The molecule has 0 aliphatic rings. The summed E-state index contributed by atoms with van der Waals surface area (Å²) < 4.78 is 5.42. The van der Waals surface area contributed by atoms with Crippen molar-refractivity contribution in [2.24, 2.45) is 0 Å². The van der Waals surface area contributed by atoms with Gasteiger partial charge in [0, 0.05) is 25.3 Å². The van der Waals surface area contributed by atoms with Crippen molar-refractivity contribution in [2.75, 3.05) is 23.9 Å². The Hall–Kier alpha value is -2.82. The second-order valence-electron chi connectivity index (χ2n) is 5.27. The third kappa shape index (κ3) is 4.85. The lowest BCUT2D eigenvalue weighted by Gasteiger charge is -2.15. The summed E-state index contributed by atoms with van der Waals surface area (Å²) in [6.07, 6.45) is 0. The largest absolute Gasteiger partial charge is 0.484 e. The molecular weight excluding hydrogens is 292 g/mol. The molecule has 2 aromatic carbocycles. The van der Waals surface area contributed by atoms with E-state index in [2.05, 4.69) is 5.32 Å². The van der Waals surface area contributed by atoms with Crippen molar-refractivity contribution < 1.29 is 14.3 Å². The maximum absolute atomic E-state index is 11.9. The maximum atomic E-state index is 11.9. The second kappa shape index (κ2) is 7.45. The van der Waals surface area contributed by atoms with Crippen molar-refractivity contribution in [3.8, 4) is 5.75 Å². The van der Waals surface area contributed by atoms with E-state index in [0.29, 0.717) is 11.4 Å². The van der Waals surface area contributed by atoms with Gasteiger partial charge in [-0.3, -0.25) is 9.59 Å². The minimum atomic E-state index is -0.238. The van der Waals surface area contributed by atoms with Crippen molar-refractivity contribution in [1.29, 1.82) is 0 Å². The number of nitrogens with zero attached hydrogens (tertiary/aromatic N) is 1. The van der Waals surface area contributed by atoms with E-state index in [9.17, 15) is 9.59 Å². The van der Waals surface area contributed by atoms with E-state index in [-0.39, 0.29) is 18.4 Å². The van der Waals surface area contributed by atoms with Crippen LogP contribution in [0.25, 0.3) is 0 Å². The van der Waals surface area contributed by atoms with Crippen LogP contribution in [0.3, 0.4) is 0 Å². The molecule has 0 radical (unpaired) electrons. The van der Waals surface area contributed by atoms with Crippen LogP contribution in [0.1, 0.15) is 12.5 Å². The van der Waals surface area contributed by atoms with Crippen molar-refractivity contribution in [1.82, 2.24) is 0 Å².